The zero-order valence-corrected chi connectivity index (χ0v) is 7.76. The number of hydrogen-bond donors (Lipinski definition) is 1. The second-order valence-corrected chi connectivity index (χ2v) is 3.21. The second kappa shape index (κ2) is 4.11. The molecular weight excluding hydrogens is 176 g/mol. The van der Waals surface area contributed by atoms with Gasteiger partial charge >= 0.3 is 0 Å². The maximum Gasteiger partial charge on any atom is 0.106 e. The van der Waals surface area contributed by atoms with Crippen LogP contribution in [-0.2, 0) is 6.42 Å². The van der Waals surface area contributed by atoms with Gasteiger partial charge in [-0.05, 0) is 17.7 Å². The Morgan fingerprint density at radius 3 is 2.50 bits per heavy atom. The summed E-state index contributed by atoms with van der Waals surface area (Å²) in [4.78, 5) is 0. The molecule has 0 aliphatic rings. The maximum atomic E-state index is 9.83. The van der Waals surface area contributed by atoms with Crippen LogP contribution in [0.3, 0.4) is 0 Å². The molecule has 2 rings (SSSR count). The normalized spacial score (nSPS) is 12.6. The van der Waals surface area contributed by atoms with Crippen LogP contribution in [0.2, 0.25) is 0 Å². The SMILES string of the molecule is O[C@@H](Cc1ccco1)c1ccccc1. The van der Waals surface area contributed by atoms with Crippen molar-refractivity contribution in [2.24, 2.45) is 0 Å². The molecule has 0 saturated carbocycles. The van der Waals surface area contributed by atoms with E-state index < -0.39 is 6.10 Å². The predicted octanol–water partition coefficient (Wildman–Crippen LogP) is 2.56. The van der Waals surface area contributed by atoms with Gasteiger partial charge in [-0.1, -0.05) is 30.3 Å². The summed E-state index contributed by atoms with van der Waals surface area (Å²) in [6.07, 6.45) is 1.66. The number of furan rings is 1. The first kappa shape index (κ1) is 9.03. The van der Waals surface area contributed by atoms with Crippen molar-refractivity contribution in [2.45, 2.75) is 12.5 Å². The Kier molecular flexibility index (Phi) is 2.65. The lowest BCUT2D eigenvalue weighted by atomic mass is 10.1. The zero-order valence-electron chi connectivity index (χ0n) is 7.76. The molecule has 14 heavy (non-hydrogen) atoms. The highest BCUT2D eigenvalue weighted by Gasteiger charge is 2.08. The summed E-state index contributed by atoms with van der Waals surface area (Å²) in [5.41, 5.74) is 0.920. The van der Waals surface area contributed by atoms with Gasteiger partial charge in [-0.25, -0.2) is 0 Å². The van der Waals surface area contributed by atoms with Gasteiger partial charge in [0, 0.05) is 6.42 Å². The molecule has 0 bridgehead atoms. The van der Waals surface area contributed by atoms with Gasteiger partial charge in [-0.15, -0.1) is 0 Å². The predicted molar refractivity (Wildman–Crippen MR) is 53.8 cm³/mol. The van der Waals surface area contributed by atoms with Crippen LogP contribution in [0.4, 0.5) is 0 Å². The Morgan fingerprint density at radius 1 is 1.07 bits per heavy atom. The Morgan fingerprint density at radius 2 is 1.86 bits per heavy atom. The summed E-state index contributed by atoms with van der Waals surface area (Å²) < 4.78 is 5.17. The summed E-state index contributed by atoms with van der Waals surface area (Å²) in [6.45, 7) is 0. The van der Waals surface area contributed by atoms with Gasteiger partial charge in [0.15, 0.2) is 0 Å². The molecule has 0 aliphatic carbocycles. The average Bonchev–Trinajstić information content (AvgIpc) is 2.72. The molecule has 2 aromatic rings. The first-order chi connectivity index (χ1) is 6.86. The van der Waals surface area contributed by atoms with Crippen LogP contribution in [0, 0.1) is 0 Å². The van der Waals surface area contributed by atoms with Gasteiger partial charge in [0.05, 0.1) is 12.4 Å². The van der Waals surface area contributed by atoms with E-state index in [4.69, 9.17) is 4.42 Å². The molecular formula is C12H12O2. The molecule has 2 heteroatoms. The highest BCUT2D eigenvalue weighted by molar-refractivity contribution is 5.18. The van der Waals surface area contributed by atoms with Crippen LogP contribution in [0.25, 0.3) is 0 Å². The van der Waals surface area contributed by atoms with E-state index in [-0.39, 0.29) is 0 Å². The number of aliphatic hydroxyl groups excluding tert-OH is 1. The molecule has 1 atom stereocenters. The van der Waals surface area contributed by atoms with E-state index in [0.29, 0.717) is 6.42 Å². The average molecular weight is 188 g/mol. The van der Waals surface area contributed by atoms with Crippen LogP contribution in [0.15, 0.2) is 53.1 Å². The van der Waals surface area contributed by atoms with Crippen molar-refractivity contribution in [2.75, 3.05) is 0 Å². The molecule has 1 N–H and O–H groups in total. The molecule has 1 heterocycles. The molecule has 0 unspecified atom stereocenters. The van der Waals surface area contributed by atoms with Crippen LogP contribution >= 0.6 is 0 Å². The summed E-state index contributed by atoms with van der Waals surface area (Å²) in [5, 5.41) is 9.83. The minimum Gasteiger partial charge on any atom is -0.469 e. The fourth-order valence-corrected chi connectivity index (χ4v) is 1.41. The monoisotopic (exact) mass is 188 g/mol. The van der Waals surface area contributed by atoms with Gasteiger partial charge in [0.25, 0.3) is 0 Å². The molecule has 0 spiro atoms. The lowest BCUT2D eigenvalue weighted by Crippen LogP contribution is -2.00. The lowest BCUT2D eigenvalue weighted by molar-refractivity contribution is 0.170. The smallest absolute Gasteiger partial charge is 0.106 e. The third-order valence-corrected chi connectivity index (χ3v) is 2.16. The number of rotatable bonds is 3. The fourth-order valence-electron chi connectivity index (χ4n) is 1.41. The third-order valence-electron chi connectivity index (χ3n) is 2.16. The molecule has 0 amide bonds. The Labute approximate surface area is 82.8 Å². The Hall–Kier alpha value is -1.54. The first-order valence-corrected chi connectivity index (χ1v) is 4.61. The van der Waals surface area contributed by atoms with Crippen molar-refractivity contribution in [3.05, 3.63) is 60.1 Å². The molecule has 0 saturated heterocycles. The third kappa shape index (κ3) is 2.03. The maximum absolute atomic E-state index is 9.83. The number of hydrogen-bond acceptors (Lipinski definition) is 2. The Bertz CT molecular complexity index is 364. The van der Waals surface area contributed by atoms with Gasteiger partial charge in [0.1, 0.15) is 5.76 Å². The highest BCUT2D eigenvalue weighted by Crippen LogP contribution is 2.17. The second-order valence-electron chi connectivity index (χ2n) is 3.21. The van der Waals surface area contributed by atoms with E-state index in [9.17, 15) is 5.11 Å². The first-order valence-electron chi connectivity index (χ1n) is 4.61. The van der Waals surface area contributed by atoms with Crippen LogP contribution < -0.4 is 0 Å². The Balaban J connectivity index is 2.07. The van der Waals surface area contributed by atoms with Gasteiger partial charge in [-0.2, -0.15) is 0 Å². The fraction of sp³-hybridized carbons (Fsp3) is 0.167. The van der Waals surface area contributed by atoms with Crippen molar-refractivity contribution >= 4 is 0 Å². The van der Waals surface area contributed by atoms with E-state index in [0.717, 1.165) is 11.3 Å². The van der Waals surface area contributed by atoms with Crippen LogP contribution in [0.5, 0.6) is 0 Å². The molecule has 0 fully saturated rings. The van der Waals surface area contributed by atoms with Crippen LogP contribution in [0.1, 0.15) is 17.4 Å². The summed E-state index contributed by atoms with van der Waals surface area (Å²) in [5.74, 6) is 0.807. The zero-order chi connectivity index (χ0) is 9.80. The van der Waals surface area contributed by atoms with Crippen molar-refractivity contribution in [3.63, 3.8) is 0 Å². The summed E-state index contributed by atoms with van der Waals surface area (Å²) >= 11 is 0. The number of benzene rings is 1. The van der Waals surface area contributed by atoms with Crippen molar-refractivity contribution in [1.29, 1.82) is 0 Å². The summed E-state index contributed by atoms with van der Waals surface area (Å²) in [6, 6.07) is 13.3. The van der Waals surface area contributed by atoms with Gasteiger partial charge < -0.3 is 9.52 Å². The minimum absolute atomic E-state index is 0.484. The topological polar surface area (TPSA) is 33.4 Å². The molecule has 2 nitrogen and oxygen atoms in total. The molecule has 72 valence electrons. The number of aliphatic hydroxyl groups is 1. The molecule has 0 radical (unpaired) electrons. The minimum atomic E-state index is -0.484. The molecule has 0 aliphatic heterocycles. The van der Waals surface area contributed by atoms with Gasteiger partial charge in [-0.3, -0.25) is 0 Å². The standard InChI is InChI=1S/C12H12O2/c13-12(9-11-7-4-8-14-11)10-5-2-1-3-6-10/h1-8,12-13H,9H2/t12-/m0/s1. The van der Waals surface area contributed by atoms with E-state index in [1.807, 2.05) is 42.5 Å². The van der Waals surface area contributed by atoms with Crippen molar-refractivity contribution in [3.8, 4) is 0 Å². The van der Waals surface area contributed by atoms with Gasteiger partial charge in [0.2, 0.25) is 0 Å². The van der Waals surface area contributed by atoms with E-state index in [2.05, 4.69) is 0 Å². The quantitative estimate of drug-likeness (QED) is 0.803. The van der Waals surface area contributed by atoms with E-state index in [1.165, 1.54) is 0 Å². The highest BCUT2D eigenvalue weighted by atomic mass is 16.3. The molecule has 1 aromatic heterocycles. The van der Waals surface area contributed by atoms with Crippen molar-refractivity contribution in [1.82, 2.24) is 0 Å². The summed E-state index contributed by atoms with van der Waals surface area (Å²) in [7, 11) is 0. The van der Waals surface area contributed by atoms with E-state index in [1.54, 1.807) is 6.26 Å². The van der Waals surface area contributed by atoms with Crippen molar-refractivity contribution < 1.29 is 9.52 Å². The molecule has 1 aromatic carbocycles. The van der Waals surface area contributed by atoms with E-state index >= 15 is 0 Å². The largest absolute Gasteiger partial charge is 0.469 e. The van der Waals surface area contributed by atoms with Crippen LogP contribution in [-0.4, -0.2) is 5.11 Å². The lowest BCUT2D eigenvalue weighted by Gasteiger charge is -2.08.